The molecule has 0 atom stereocenters. The third-order valence-electron chi connectivity index (χ3n) is 3.59. The molecule has 2 aromatic carbocycles. The van der Waals surface area contributed by atoms with Gasteiger partial charge in [-0.1, -0.05) is 12.1 Å². The molecule has 3 rings (SSSR count). The van der Waals surface area contributed by atoms with Gasteiger partial charge in [0.15, 0.2) is 0 Å². The minimum atomic E-state index is -4.62. The number of thiazole rings is 1. The Balaban J connectivity index is 1.73. The number of hydrogen-bond donors (Lipinski definition) is 1. The molecule has 4 nitrogen and oxygen atoms in total. The fourth-order valence-electron chi connectivity index (χ4n) is 2.27. The average Bonchev–Trinajstić information content (AvgIpc) is 2.97. The van der Waals surface area contributed by atoms with Gasteiger partial charge in [0, 0.05) is 7.05 Å². The second-order valence-electron chi connectivity index (χ2n) is 5.55. The van der Waals surface area contributed by atoms with Crippen LogP contribution >= 0.6 is 11.3 Å². The summed E-state index contributed by atoms with van der Waals surface area (Å²) < 4.78 is 52.9. The summed E-state index contributed by atoms with van der Waals surface area (Å²) in [4.78, 5) is 17.8. The highest BCUT2D eigenvalue weighted by Crippen LogP contribution is 2.32. The maximum absolute atomic E-state index is 13.7. The Labute approximate surface area is 150 Å². The predicted octanol–water partition coefficient (Wildman–Crippen LogP) is 5.12. The Morgan fingerprint density at radius 1 is 1.23 bits per heavy atom. The number of carbonyl (C=O) groups excluding carboxylic acids is 1. The second-order valence-corrected chi connectivity index (χ2v) is 6.67. The van der Waals surface area contributed by atoms with E-state index in [1.807, 2.05) is 24.3 Å². The van der Waals surface area contributed by atoms with E-state index in [1.54, 1.807) is 0 Å². The Kier molecular flexibility index (Phi) is 4.82. The van der Waals surface area contributed by atoms with E-state index in [-0.39, 0.29) is 6.54 Å². The standard InChI is InChI=1S/C17H13F4N3OS/c1-24(9-15-22-12-4-2-3-5-14(12)26-15)16(25)23-13-8-10(17(19,20)21)6-7-11(13)18/h2-8H,9H2,1H3,(H,23,25). The summed E-state index contributed by atoms with van der Waals surface area (Å²) in [5.41, 5.74) is -0.769. The van der Waals surface area contributed by atoms with Crippen LogP contribution in [-0.4, -0.2) is 23.0 Å². The molecule has 0 saturated heterocycles. The number of amides is 2. The number of fused-ring (bicyclic) bond motifs is 1. The Hall–Kier alpha value is -2.68. The summed E-state index contributed by atoms with van der Waals surface area (Å²) in [6, 6.07) is 8.58. The minimum Gasteiger partial charge on any atom is -0.321 e. The van der Waals surface area contributed by atoms with Crippen LogP contribution in [0.2, 0.25) is 0 Å². The van der Waals surface area contributed by atoms with Crippen molar-refractivity contribution < 1.29 is 22.4 Å². The van der Waals surface area contributed by atoms with Crippen LogP contribution in [0.4, 0.5) is 28.0 Å². The summed E-state index contributed by atoms with van der Waals surface area (Å²) >= 11 is 1.40. The van der Waals surface area contributed by atoms with E-state index in [1.165, 1.54) is 23.3 Å². The first-order valence-electron chi connectivity index (χ1n) is 7.47. The van der Waals surface area contributed by atoms with Gasteiger partial charge in [-0.25, -0.2) is 14.2 Å². The van der Waals surface area contributed by atoms with Crippen LogP contribution in [0.3, 0.4) is 0 Å². The lowest BCUT2D eigenvalue weighted by Gasteiger charge is -2.17. The maximum atomic E-state index is 13.7. The number of hydrogen-bond acceptors (Lipinski definition) is 3. The molecule has 9 heteroatoms. The SMILES string of the molecule is CN(Cc1nc2ccccc2s1)C(=O)Nc1cc(C(F)(F)F)ccc1F. The Morgan fingerprint density at radius 3 is 2.65 bits per heavy atom. The van der Waals surface area contributed by atoms with Crippen LogP contribution in [-0.2, 0) is 12.7 Å². The molecule has 136 valence electrons. The van der Waals surface area contributed by atoms with Gasteiger partial charge in [0.1, 0.15) is 10.8 Å². The molecule has 3 aromatic rings. The van der Waals surface area contributed by atoms with Crippen LogP contribution < -0.4 is 5.32 Å². The number of rotatable bonds is 3. The molecule has 0 bridgehead atoms. The molecule has 0 unspecified atom stereocenters. The van der Waals surface area contributed by atoms with Crippen molar-refractivity contribution in [2.45, 2.75) is 12.7 Å². The highest BCUT2D eigenvalue weighted by atomic mass is 32.1. The third-order valence-corrected chi connectivity index (χ3v) is 4.61. The van der Waals surface area contributed by atoms with Gasteiger partial charge in [-0.05, 0) is 30.3 Å². The van der Waals surface area contributed by atoms with Crippen molar-refractivity contribution in [1.82, 2.24) is 9.88 Å². The monoisotopic (exact) mass is 383 g/mol. The molecule has 1 heterocycles. The molecule has 0 saturated carbocycles. The lowest BCUT2D eigenvalue weighted by Crippen LogP contribution is -2.31. The van der Waals surface area contributed by atoms with E-state index >= 15 is 0 Å². The molecular formula is C17H13F4N3OS. The van der Waals surface area contributed by atoms with Gasteiger partial charge in [-0.15, -0.1) is 11.3 Å². The number of halogens is 4. The van der Waals surface area contributed by atoms with E-state index < -0.39 is 29.3 Å². The number of nitrogens with one attached hydrogen (secondary N) is 1. The topological polar surface area (TPSA) is 45.2 Å². The number of aromatic nitrogens is 1. The number of para-hydroxylation sites is 1. The quantitative estimate of drug-likeness (QED) is 0.638. The number of carbonyl (C=O) groups is 1. The lowest BCUT2D eigenvalue weighted by molar-refractivity contribution is -0.137. The Bertz CT molecular complexity index is 922. The van der Waals surface area contributed by atoms with Crippen LogP contribution in [0, 0.1) is 5.82 Å². The van der Waals surface area contributed by atoms with Crippen molar-refractivity contribution in [3.63, 3.8) is 0 Å². The first-order chi connectivity index (χ1) is 12.2. The van der Waals surface area contributed by atoms with Crippen molar-refractivity contribution >= 4 is 33.3 Å². The van der Waals surface area contributed by atoms with Crippen molar-refractivity contribution in [1.29, 1.82) is 0 Å². The van der Waals surface area contributed by atoms with Gasteiger partial charge in [-0.3, -0.25) is 0 Å². The predicted molar refractivity (Wildman–Crippen MR) is 91.5 cm³/mol. The molecule has 0 fully saturated rings. The molecule has 0 spiro atoms. The molecule has 0 aliphatic carbocycles. The van der Waals surface area contributed by atoms with Crippen molar-refractivity contribution in [3.05, 3.63) is 58.9 Å². The normalized spacial score (nSPS) is 11.6. The van der Waals surface area contributed by atoms with Crippen molar-refractivity contribution in [2.75, 3.05) is 12.4 Å². The highest BCUT2D eigenvalue weighted by molar-refractivity contribution is 7.18. The number of benzene rings is 2. The van der Waals surface area contributed by atoms with Crippen LogP contribution in [0.1, 0.15) is 10.6 Å². The van der Waals surface area contributed by atoms with E-state index in [4.69, 9.17) is 0 Å². The first-order valence-corrected chi connectivity index (χ1v) is 8.29. The minimum absolute atomic E-state index is 0.145. The largest absolute Gasteiger partial charge is 0.416 e. The summed E-state index contributed by atoms with van der Waals surface area (Å²) in [5, 5.41) is 2.83. The fourth-order valence-corrected chi connectivity index (χ4v) is 3.29. The van der Waals surface area contributed by atoms with E-state index in [0.29, 0.717) is 23.2 Å². The molecule has 2 amide bonds. The Morgan fingerprint density at radius 2 is 1.96 bits per heavy atom. The van der Waals surface area contributed by atoms with Gasteiger partial charge < -0.3 is 10.2 Å². The van der Waals surface area contributed by atoms with Crippen LogP contribution in [0.5, 0.6) is 0 Å². The second kappa shape index (κ2) is 6.91. The van der Waals surface area contributed by atoms with Gasteiger partial charge in [-0.2, -0.15) is 13.2 Å². The van der Waals surface area contributed by atoms with E-state index in [0.717, 1.165) is 10.2 Å². The first kappa shape index (κ1) is 18.1. The molecule has 1 N–H and O–H groups in total. The molecule has 0 radical (unpaired) electrons. The van der Waals surface area contributed by atoms with Crippen LogP contribution in [0.25, 0.3) is 10.2 Å². The van der Waals surface area contributed by atoms with Gasteiger partial charge in [0.25, 0.3) is 0 Å². The lowest BCUT2D eigenvalue weighted by atomic mass is 10.2. The zero-order valence-corrected chi connectivity index (χ0v) is 14.3. The molecule has 0 aliphatic rings. The van der Waals surface area contributed by atoms with E-state index in [2.05, 4.69) is 10.3 Å². The zero-order valence-electron chi connectivity index (χ0n) is 13.5. The third kappa shape index (κ3) is 3.93. The zero-order chi connectivity index (χ0) is 18.9. The smallest absolute Gasteiger partial charge is 0.321 e. The molecule has 0 aliphatic heterocycles. The van der Waals surface area contributed by atoms with Crippen LogP contribution in [0.15, 0.2) is 42.5 Å². The van der Waals surface area contributed by atoms with Gasteiger partial charge in [0.2, 0.25) is 0 Å². The van der Waals surface area contributed by atoms with Crippen molar-refractivity contribution in [3.8, 4) is 0 Å². The summed E-state index contributed by atoms with van der Waals surface area (Å²) in [7, 11) is 1.45. The fraction of sp³-hybridized carbons (Fsp3) is 0.176. The summed E-state index contributed by atoms with van der Waals surface area (Å²) in [6.45, 7) is 0.145. The van der Waals surface area contributed by atoms with Gasteiger partial charge in [0.05, 0.1) is 28.0 Å². The van der Waals surface area contributed by atoms with E-state index in [9.17, 15) is 22.4 Å². The number of alkyl halides is 3. The average molecular weight is 383 g/mol. The maximum Gasteiger partial charge on any atom is 0.416 e. The number of nitrogens with zero attached hydrogens (tertiary/aromatic N) is 2. The molecule has 26 heavy (non-hydrogen) atoms. The number of anilines is 1. The summed E-state index contributed by atoms with van der Waals surface area (Å²) in [6.07, 6.45) is -4.62. The molecule has 1 aromatic heterocycles. The molecular weight excluding hydrogens is 370 g/mol. The summed E-state index contributed by atoms with van der Waals surface area (Å²) in [5.74, 6) is -0.945. The highest BCUT2D eigenvalue weighted by Gasteiger charge is 2.31. The van der Waals surface area contributed by atoms with Gasteiger partial charge >= 0.3 is 12.2 Å². The number of urea groups is 1. The van der Waals surface area contributed by atoms with Crippen molar-refractivity contribution in [2.24, 2.45) is 0 Å².